The van der Waals surface area contributed by atoms with Gasteiger partial charge >= 0.3 is 18.0 Å². The fraction of sp³-hybridized carbons (Fsp3) is 0.192. The van der Waals surface area contributed by atoms with Crippen LogP contribution in [0, 0.1) is 0 Å². The summed E-state index contributed by atoms with van der Waals surface area (Å²) in [5.74, 6) is -7.26. The molecular formula is C26H22F2N2O5. The van der Waals surface area contributed by atoms with Crippen LogP contribution in [0.15, 0.2) is 72.8 Å². The summed E-state index contributed by atoms with van der Waals surface area (Å²) in [6, 6.07) is 20.7. The van der Waals surface area contributed by atoms with Gasteiger partial charge in [0.05, 0.1) is 17.8 Å². The molecule has 1 aliphatic carbocycles. The van der Waals surface area contributed by atoms with Gasteiger partial charge in [-0.2, -0.15) is 8.78 Å². The van der Waals surface area contributed by atoms with Crippen LogP contribution in [0.5, 0.6) is 0 Å². The van der Waals surface area contributed by atoms with E-state index in [0.717, 1.165) is 29.3 Å². The van der Waals surface area contributed by atoms with E-state index in [9.17, 15) is 28.3 Å². The van der Waals surface area contributed by atoms with E-state index in [1.807, 2.05) is 53.8 Å². The SMILES string of the molecule is CN(C(=O)C(F)(F)CNC(=O)OCC1c2ccccc2-c2ccccc21)c1ccccc1C(=O)O. The number of hydrogen-bond donors (Lipinski definition) is 2. The predicted octanol–water partition coefficient (Wildman–Crippen LogP) is 4.52. The van der Waals surface area contributed by atoms with Crippen molar-refractivity contribution >= 4 is 23.7 Å². The lowest BCUT2D eigenvalue weighted by molar-refractivity contribution is -0.141. The molecule has 4 rings (SSSR count). The van der Waals surface area contributed by atoms with Crippen molar-refractivity contribution in [3.8, 4) is 11.1 Å². The Hall–Kier alpha value is -4.27. The molecule has 7 nitrogen and oxygen atoms in total. The van der Waals surface area contributed by atoms with Crippen molar-refractivity contribution in [2.75, 3.05) is 25.1 Å². The molecule has 0 radical (unpaired) electrons. The lowest BCUT2D eigenvalue weighted by atomic mass is 9.98. The number of aromatic carboxylic acids is 1. The molecule has 2 amide bonds. The largest absolute Gasteiger partial charge is 0.478 e. The number of halogens is 2. The number of para-hydroxylation sites is 1. The van der Waals surface area contributed by atoms with Crippen LogP contribution >= 0.6 is 0 Å². The third-order valence-corrected chi connectivity index (χ3v) is 5.91. The average molecular weight is 480 g/mol. The number of rotatable bonds is 7. The van der Waals surface area contributed by atoms with Crippen LogP contribution in [0.2, 0.25) is 0 Å². The van der Waals surface area contributed by atoms with Gasteiger partial charge in [-0.05, 0) is 34.4 Å². The smallest absolute Gasteiger partial charge is 0.407 e. The van der Waals surface area contributed by atoms with E-state index in [2.05, 4.69) is 0 Å². The Balaban J connectivity index is 1.38. The van der Waals surface area contributed by atoms with Crippen LogP contribution < -0.4 is 10.2 Å². The molecule has 0 saturated heterocycles. The van der Waals surface area contributed by atoms with E-state index in [1.165, 1.54) is 24.3 Å². The lowest BCUT2D eigenvalue weighted by Crippen LogP contribution is -2.49. The zero-order chi connectivity index (χ0) is 25.2. The molecule has 0 atom stereocenters. The summed E-state index contributed by atoms with van der Waals surface area (Å²) in [7, 11) is 1.05. The van der Waals surface area contributed by atoms with Gasteiger partial charge < -0.3 is 20.1 Å². The average Bonchev–Trinajstić information content (AvgIpc) is 3.19. The van der Waals surface area contributed by atoms with Gasteiger partial charge in [-0.25, -0.2) is 9.59 Å². The number of carboxylic acids is 1. The summed E-state index contributed by atoms with van der Waals surface area (Å²) in [6.45, 7) is -1.37. The highest BCUT2D eigenvalue weighted by atomic mass is 19.3. The number of amides is 2. The highest BCUT2D eigenvalue weighted by molar-refractivity contribution is 6.04. The second-order valence-corrected chi connectivity index (χ2v) is 8.07. The van der Waals surface area contributed by atoms with Crippen molar-refractivity contribution in [2.24, 2.45) is 0 Å². The van der Waals surface area contributed by atoms with Gasteiger partial charge in [0.1, 0.15) is 6.61 Å². The maximum absolute atomic E-state index is 14.6. The fourth-order valence-electron chi connectivity index (χ4n) is 4.21. The second kappa shape index (κ2) is 9.54. The van der Waals surface area contributed by atoms with Crippen LogP contribution in [0.25, 0.3) is 11.1 Å². The van der Waals surface area contributed by atoms with Gasteiger partial charge in [-0.1, -0.05) is 60.7 Å². The summed E-state index contributed by atoms with van der Waals surface area (Å²) >= 11 is 0. The number of anilines is 1. The van der Waals surface area contributed by atoms with Crippen molar-refractivity contribution in [2.45, 2.75) is 11.8 Å². The zero-order valence-electron chi connectivity index (χ0n) is 18.7. The quantitative estimate of drug-likeness (QED) is 0.518. The summed E-state index contributed by atoms with van der Waals surface area (Å²) in [4.78, 5) is 36.5. The van der Waals surface area contributed by atoms with E-state index in [4.69, 9.17) is 4.74 Å². The topological polar surface area (TPSA) is 95.9 Å². The van der Waals surface area contributed by atoms with E-state index in [0.29, 0.717) is 4.90 Å². The normalized spacial score (nSPS) is 12.4. The molecule has 1 aliphatic rings. The monoisotopic (exact) mass is 480 g/mol. The van der Waals surface area contributed by atoms with Gasteiger partial charge in [-0.15, -0.1) is 0 Å². The number of carbonyl (C=O) groups is 3. The fourth-order valence-corrected chi connectivity index (χ4v) is 4.21. The zero-order valence-corrected chi connectivity index (χ0v) is 18.7. The van der Waals surface area contributed by atoms with Gasteiger partial charge in [0.15, 0.2) is 0 Å². The Kier molecular flexibility index (Phi) is 6.50. The Morgan fingerprint density at radius 3 is 2.09 bits per heavy atom. The molecule has 2 N–H and O–H groups in total. The highest BCUT2D eigenvalue weighted by Gasteiger charge is 2.42. The first-order valence-electron chi connectivity index (χ1n) is 10.8. The van der Waals surface area contributed by atoms with E-state index in [1.54, 1.807) is 0 Å². The van der Waals surface area contributed by atoms with Crippen molar-refractivity contribution < 1.29 is 33.0 Å². The predicted molar refractivity (Wildman–Crippen MR) is 125 cm³/mol. The minimum absolute atomic E-state index is 0.0642. The number of hydrogen-bond acceptors (Lipinski definition) is 4. The number of fused-ring (bicyclic) bond motifs is 3. The molecule has 0 heterocycles. The number of alkyl carbamates (subject to hydrolysis) is 1. The molecule has 0 saturated carbocycles. The summed E-state index contributed by atoms with van der Waals surface area (Å²) in [6.07, 6.45) is -1.09. The molecule has 0 spiro atoms. The van der Waals surface area contributed by atoms with Crippen LogP contribution in [-0.4, -0.2) is 49.2 Å². The molecular weight excluding hydrogens is 458 g/mol. The Morgan fingerprint density at radius 1 is 0.943 bits per heavy atom. The molecule has 0 aromatic heterocycles. The van der Waals surface area contributed by atoms with Crippen molar-refractivity contribution in [3.63, 3.8) is 0 Å². The first-order valence-corrected chi connectivity index (χ1v) is 10.8. The lowest BCUT2D eigenvalue weighted by Gasteiger charge is -2.24. The summed E-state index contributed by atoms with van der Waals surface area (Å²) < 4.78 is 34.4. The highest BCUT2D eigenvalue weighted by Crippen LogP contribution is 2.44. The standard InChI is InChI=1S/C26H22F2N2O5/c1-30(22-13-7-6-12-20(22)23(31)32)24(33)26(27,28)15-29-25(34)35-14-21-18-10-4-2-8-16(18)17-9-3-5-11-19(17)21/h2-13,21H,14-15H2,1H3,(H,29,34)(H,31,32). The van der Waals surface area contributed by atoms with Crippen molar-refractivity contribution in [1.29, 1.82) is 0 Å². The van der Waals surface area contributed by atoms with Gasteiger partial charge in [0.25, 0.3) is 5.91 Å². The summed E-state index contributed by atoms with van der Waals surface area (Å²) in [5, 5.41) is 11.2. The maximum Gasteiger partial charge on any atom is 0.407 e. The second-order valence-electron chi connectivity index (χ2n) is 8.07. The number of carboxylic acid groups (broad SMARTS) is 1. The maximum atomic E-state index is 14.6. The third kappa shape index (κ3) is 4.70. The van der Waals surface area contributed by atoms with E-state index >= 15 is 0 Å². The molecule has 0 unspecified atom stereocenters. The Morgan fingerprint density at radius 2 is 1.49 bits per heavy atom. The third-order valence-electron chi connectivity index (χ3n) is 5.91. The number of nitrogens with zero attached hydrogens (tertiary/aromatic N) is 1. The first kappa shape index (κ1) is 23.9. The van der Waals surface area contributed by atoms with Gasteiger partial charge in [0.2, 0.25) is 0 Å². The Labute approximate surface area is 199 Å². The molecule has 3 aromatic carbocycles. The first-order chi connectivity index (χ1) is 16.7. The number of benzene rings is 3. The number of nitrogens with one attached hydrogen (secondary N) is 1. The molecule has 0 fully saturated rings. The minimum atomic E-state index is -3.99. The molecule has 35 heavy (non-hydrogen) atoms. The Bertz CT molecular complexity index is 1250. The number of ether oxygens (including phenoxy) is 1. The van der Waals surface area contributed by atoms with Gasteiger partial charge in [0, 0.05) is 13.0 Å². The van der Waals surface area contributed by atoms with Crippen LogP contribution in [0.4, 0.5) is 19.3 Å². The van der Waals surface area contributed by atoms with Gasteiger partial charge in [-0.3, -0.25) is 4.79 Å². The minimum Gasteiger partial charge on any atom is -0.478 e. The molecule has 0 bridgehead atoms. The van der Waals surface area contributed by atoms with E-state index in [-0.39, 0.29) is 23.8 Å². The number of carbonyl (C=O) groups excluding carboxylic acids is 2. The van der Waals surface area contributed by atoms with Crippen molar-refractivity contribution in [1.82, 2.24) is 5.32 Å². The molecule has 3 aromatic rings. The van der Waals surface area contributed by atoms with Crippen LogP contribution in [-0.2, 0) is 9.53 Å². The molecule has 9 heteroatoms. The van der Waals surface area contributed by atoms with Crippen molar-refractivity contribution in [3.05, 3.63) is 89.5 Å². The molecule has 0 aliphatic heterocycles. The number of alkyl halides is 2. The molecule has 180 valence electrons. The summed E-state index contributed by atoms with van der Waals surface area (Å²) in [5.41, 5.74) is 3.51. The van der Waals surface area contributed by atoms with E-state index < -0.39 is 30.4 Å². The van der Waals surface area contributed by atoms with Crippen LogP contribution in [0.1, 0.15) is 27.4 Å². The van der Waals surface area contributed by atoms with Crippen LogP contribution in [0.3, 0.4) is 0 Å².